The molecule has 0 saturated heterocycles. The summed E-state index contributed by atoms with van der Waals surface area (Å²) in [5, 5.41) is 3.62. The van der Waals surface area contributed by atoms with Crippen molar-refractivity contribution in [3.63, 3.8) is 0 Å². The molecule has 18 heavy (non-hydrogen) atoms. The molecule has 1 aliphatic rings. The van der Waals surface area contributed by atoms with E-state index in [2.05, 4.69) is 46.4 Å². The van der Waals surface area contributed by atoms with E-state index in [1.165, 1.54) is 25.7 Å². The lowest BCUT2D eigenvalue weighted by Crippen LogP contribution is -2.38. The van der Waals surface area contributed by atoms with E-state index in [-0.39, 0.29) is 0 Å². The van der Waals surface area contributed by atoms with E-state index >= 15 is 0 Å². The van der Waals surface area contributed by atoms with E-state index in [0.29, 0.717) is 18.5 Å². The predicted octanol–water partition coefficient (Wildman–Crippen LogP) is 4.01. The molecule has 3 heteroatoms. The van der Waals surface area contributed by atoms with Gasteiger partial charge in [-0.05, 0) is 52.7 Å². The van der Waals surface area contributed by atoms with Crippen molar-refractivity contribution in [2.75, 3.05) is 11.9 Å². The van der Waals surface area contributed by atoms with Crippen LogP contribution in [0.1, 0.15) is 32.6 Å². The van der Waals surface area contributed by atoms with E-state index < -0.39 is 0 Å². The van der Waals surface area contributed by atoms with Crippen LogP contribution in [-0.4, -0.2) is 12.6 Å². The molecular formula is C15H23BrN2. The molecule has 1 aromatic carbocycles. The van der Waals surface area contributed by atoms with Gasteiger partial charge in [-0.2, -0.15) is 0 Å². The van der Waals surface area contributed by atoms with Gasteiger partial charge in [-0.25, -0.2) is 0 Å². The molecule has 0 aliphatic heterocycles. The van der Waals surface area contributed by atoms with Gasteiger partial charge >= 0.3 is 0 Å². The van der Waals surface area contributed by atoms with E-state index in [1.807, 2.05) is 6.07 Å². The van der Waals surface area contributed by atoms with Gasteiger partial charge in [0.2, 0.25) is 0 Å². The monoisotopic (exact) mass is 310 g/mol. The Morgan fingerprint density at radius 2 is 2.17 bits per heavy atom. The number of hydrogen-bond acceptors (Lipinski definition) is 2. The Bertz CT molecular complexity index is 381. The topological polar surface area (TPSA) is 38.0 Å². The Hall–Kier alpha value is -0.540. The molecule has 0 bridgehead atoms. The zero-order chi connectivity index (χ0) is 13.0. The Balaban J connectivity index is 2.03. The lowest BCUT2D eigenvalue weighted by molar-refractivity contribution is 0.257. The minimum Gasteiger partial charge on any atom is -0.380 e. The molecule has 0 spiro atoms. The predicted molar refractivity (Wildman–Crippen MR) is 81.7 cm³/mol. The SMILES string of the molecule is CC1CCCC(C(CN)Nc2ccccc2Br)C1. The van der Waals surface area contributed by atoms with Gasteiger partial charge in [-0.1, -0.05) is 31.9 Å². The first-order chi connectivity index (χ1) is 8.70. The van der Waals surface area contributed by atoms with Crippen LogP contribution in [0.25, 0.3) is 0 Å². The molecule has 2 nitrogen and oxygen atoms in total. The summed E-state index contributed by atoms with van der Waals surface area (Å²) in [7, 11) is 0. The second-order valence-electron chi connectivity index (χ2n) is 5.50. The molecule has 100 valence electrons. The molecule has 3 atom stereocenters. The van der Waals surface area contributed by atoms with Crippen LogP contribution in [0.15, 0.2) is 28.7 Å². The van der Waals surface area contributed by atoms with Crippen molar-refractivity contribution < 1.29 is 0 Å². The standard InChI is InChI=1S/C15H23BrN2/c1-11-5-4-6-12(9-11)15(10-17)18-14-8-3-2-7-13(14)16/h2-3,7-8,11-12,15,18H,4-6,9-10,17H2,1H3. The van der Waals surface area contributed by atoms with Crippen LogP contribution in [0.4, 0.5) is 5.69 Å². The van der Waals surface area contributed by atoms with Crippen LogP contribution in [0, 0.1) is 11.8 Å². The summed E-state index contributed by atoms with van der Waals surface area (Å²) < 4.78 is 1.12. The fourth-order valence-corrected chi connectivity index (χ4v) is 3.39. The maximum absolute atomic E-state index is 5.97. The van der Waals surface area contributed by atoms with Crippen LogP contribution in [0.3, 0.4) is 0 Å². The highest BCUT2D eigenvalue weighted by Gasteiger charge is 2.26. The van der Waals surface area contributed by atoms with E-state index in [0.717, 1.165) is 16.1 Å². The van der Waals surface area contributed by atoms with Crippen molar-refractivity contribution >= 4 is 21.6 Å². The summed E-state index contributed by atoms with van der Waals surface area (Å²) in [5.41, 5.74) is 7.13. The Kier molecular flexibility index (Phi) is 5.07. The summed E-state index contributed by atoms with van der Waals surface area (Å²) in [6, 6.07) is 8.67. The molecule has 0 amide bonds. The van der Waals surface area contributed by atoms with Gasteiger partial charge in [0.1, 0.15) is 0 Å². The minimum atomic E-state index is 0.395. The van der Waals surface area contributed by atoms with Crippen LogP contribution >= 0.6 is 15.9 Å². The Labute approximate surface area is 118 Å². The van der Waals surface area contributed by atoms with Crippen molar-refractivity contribution in [1.82, 2.24) is 0 Å². The molecule has 1 aliphatic carbocycles. The van der Waals surface area contributed by atoms with Crippen molar-refractivity contribution in [1.29, 1.82) is 0 Å². The average Bonchev–Trinajstić information content (AvgIpc) is 2.38. The second-order valence-corrected chi connectivity index (χ2v) is 6.35. The lowest BCUT2D eigenvalue weighted by Gasteiger charge is -2.34. The number of nitrogens with two attached hydrogens (primary N) is 1. The zero-order valence-electron chi connectivity index (χ0n) is 11.0. The van der Waals surface area contributed by atoms with Gasteiger partial charge in [0.25, 0.3) is 0 Å². The maximum Gasteiger partial charge on any atom is 0.0487 e. The zero-order valence-corrected chi connectivity index (χ0v) is 12.6. The summed E-state index contributed by atoms with van der Waals surface area (Å²) in [5.74, 6) is 1.56. The number of para-hydroxylation sites is 1. The fourth-order valence-electron chi connectivity index (χ4n) is 2.99. The number of nitrogens with one attached hydrogen (secondary N) is 1. The lowest BCUT2D eigenvalue weighted by atomic mass is 9.78. The number of hydrogen-bond donors (Lipinski definition) is 2. The molecule has 3 unspecified atom stereocenters. The maximum atomic E-state index is 5.97. The van der Waals surface area contributed by atoms with Crippen molar-refractivity contribution in [3.05, 3.63) is 28.7 Å². The van der Waals surface area contributed by atoms with Gasteiger partial charge in [-0.3, -0.25) is 0 Å². The van der Waals surface area contributed by atoms with Crippen molar-refractivity contribution in [2.24, 2.45) is 17.6 Å². The third-order valence-corrected chi connectivity index (χ3v) is 4.71. The molecule has 0 aromatic heterocycles. The van der Waals surface area contributed by atoms with Gasteiger partial charge in [0.05, 0.1) is 0 Å². The van der Waals surface area contributed by atoms with Gasteiger partial charge in [0, 0.05) is 22.7 Å². The number of rotatable bonds is 4. The quantitative estimate of drug-likeness (QED) is 0.881. The first-order valence-electron chi connectivity index (χ1n) is 6.92. The Morgan fingerprint density at radius 3 is 2.83 bits per heavy atom. The molecule has 0 radical (unpaired) electrons. The number of halogens is 1. The molecule has 1 saturated carbocycles. The molecule has 1 fully saturated rings. The van der Waals surface area contributed by atoms with Crippen LogP contribution in [-0.2, 0) is 0 Å². The molecule has 1 aromatic rings. The fraction of sp³-hybridized carbons (Fsp3) is 0.600. The molecular weight excluding hydrogens is 288 g/mol. The summed E-state index contributed by atoms with van der Waals surface area (Å²) in [6.07, 6.45) is 5.34. The van der Waals surface area contributed by atoms with Crippen LogP contribution in [0.5, 0.6) is 0 Å². The van der Waals surface area contributed by atoms with Gasteiger partial charge < -0.3 is 11.1 Å². The highest BCUT2D eigenvalue weighted by atomic mass is 79.9. The Morgan fingerprint density at radius 1 is 1.39 bits per heavy atom. The van der Waals surface area contributed by atoms with E-state index in [9.17, 15) is 0 Å². The summed E-state index contributed by atoms with van der Waals surface area (Å²) >= 11 is 3.59. The highest BCUT2D eigenvalue weighted by Crippen LogP contribution is 2.32. The second kappa shape index (κ2) is 6.58. The molecule has 3 N–H and O–H groups in total. The van der Waals surface area contributed by atoms with Crippen molar-refractivity contribution in [3.8, 4) is 0 Å². The van der Waals surface area contributed by atoms with Gasteiger partial charge in [0.15, 0.2) is 0 Å². The first kappa shape index (κ1) is 13.9. The summed E-state index contributed by atoms with van der Waals surface area (Å²) in [4.78, 5) is 0. The largest absolute Gasteiger partial charge is 0.380 e. The van der Waals surface area contributed by atoms with E-state index in [1.54, 1.807) is 0 Å². The van der Waals surface area contributed by atoms with Crippen molar-refractivity contribution in [2.45, 2.75) is 38.6 Å². The number of benzene rings is 1. The molecule has 0 heterocycles. The van der Waals surface area contributed by atoms with E-state index in [4.69, 9.17) is 5.73 Å². The average molecular weight is 311 g/mol. The first-order valence-corrected chi connectivity index (χ1v) is 7.71. The highest BCUT2D eigenvalue weighted by molar-refractivity contribution is 9.10. The minimum absolute atomic E-state index is 0.395. The third kappa shape index (κ3) is 3.48. The normalized spacial score (nSPS) is 25.7. The summed E-state index contributed by atoms with van der Waals surface area (Å²) in [6.45, 7) is 3.07. The molecule has 2 rings (SSSR count). The van der Waals surface area contributed by atoms with Crippen LogP contribution < -0.4 is 11.1 Å². The van der Waals surface area contributed by atoms with Crippen LogP contribution in [0.2, 0.25) is 0 Å². The smallest absolute Gasteiger partial charge is 0.0487 e. The number of anilines is 1. The van der Waals surface area contributed by atoms with Gasteiger partial charge in [-0.15, -0.1) is 0 Å². The third-order valence-electron chi connectivity index (χ3n) is 4.01.